The van der Waals surface area contributed by atoms with Gasteiger partial charge in [-0.15, -0.1) is 0 Å². The molecule has 9 heteroatoms. The molecule has 0 amide bonds. The molecule has 50 heavy (non-hydrogen) atoms. The van der Waals surface area contributed by atoms with Crippen LogP contribution in [0.1, 0.15) is 136 Å². The zero-order valence-corrected chi connectivity index (χ0v) is 32.2. The summed E-state index contributed by atoms with van der Waals surface area (Å²) >= 11 is 0. The van der Waals surface area contributed by atoms with Crippen molar-refractivity contribution in [1.29, 1.82) is 0 Å². The van der Waals surface area contributed by atoms with Gasteiger partial charge in [0, 0.05) is 20.0 Å². The first-order chi connectivity index (χ1) is 24.3. The van der Waals surface area contributed by atoms with Crippen molar-refractivity contribution in [3.8, 4) is 0 Å². The van der Waals surface area contributed by atoms with Gasteiger partial charge >= 0.3 is 19.8 Å². The van der Waals surface area contributed by atoms with Crippen LogP contribution in [0.5, 0.6) is 0 Å². The van der Waals surface area contributed by atoms with Crippen molar-refractivity contribution in [3.63, 3.8) is 0 Å². The van der Waals surface area contributed by atoms with Gasteiger partial charge in [0.15, 0.2) is 6.10 Å². The number of carbonyl (C=O) groups excluding carboxylic acids is 2. The molecule has 2 atom stereocenters. The Labute approximate surface area is 304 Å². The monoisotopic (exact) mass is 718 g/mol. The molecule has 0 heterocycles. The molecule has 0 radical (unpaired) electrons. The topological polar surface area (TPSA) is 108 Å². The Morgan fingerprint density at radius 2 is 1.06 bits per heavy atom. The minimum atomic E-state index is -4.28. The lowest BCUT2D eigenvalue weighted by molar-refractivity contribution is -0.161. The molecule has 0 rings (SSSR count). The zero-order chi connectivity index (χ0) is 36.8. The van der Waals surface area contributed by atoms with Gasteiger partial charge in [-0.3, -0.25) is 18.6 Å². The summed E-state index contributed by atoms with van der Waals surface area (Å²) in [6, 6.07) is 0. The predicted octanol–water partition coefficient (Wildman–Crippen LogP) is 11.5. The van der Waals surface area contributed by atoms with E-state index in [4.69, 9.17) is 14.0 Å². The molecule has 0 spiro atoms. The number of esters is 2. The molecule has 0 bridgehead atoms. The van der Waals surface area contributed by atoms with Crippen molar-refractivity contribution in [2.45, 2.75) is 142 Å². The van der Waals surface area contributed by atoms with Crippen molar-refractivity contribution in [1.82, 2.24) is 0 Å². The van der Waals surface area contributed by atoms with Crippen LogP contribution in [0.2, 0.25) is 0 Å². The van der Waals surface area contributed by atoms with Crippen LogP contribution in [0, 0.1) is 0 Å². The number of hydrogen-bond acceptors (Lipinski definition) is 7. The first-order valence-electron chi connectivity index (χ1n) is 18.8. The summed E-state index contributed by atoms with van der Waals surface area (Å²) in [5, 5.41) is 0. The Hall–Kier alpha value is -2.77. The van der Waals surface area contributed by atoms with Crippen molar-refractivity contribution in [2.75, 3.05) is 20.3 Å². The molecular weight excluding hydrogens is 651 g/mol. The Bertz CT molecular complexity index is 1090. The molecule has 0 aromatic heterocycles. The minimum absolute atomic E-state index is 0.113. The van der Waals surface area contributed by atoms with E-state index in [0.717, 1.165) is 84.2 Å². The Morgan fingerprint density at radius 1 is 0.580 bits per heavy atom. The highest BCUT2D eigenvalue weighted by Gasteiger charge is 2.24. The molecule has 0 saturated heterocycles. The van der Waals surface area contributed by atoms with Crippen molar-refractivity contribution < 1.29 is 37.6 Å². The Balaban J connectivity index is 4.24. The number of unbranched alkanes of at least 4 members (excludes halogenated alkanes) is 8. The molecule has 0 fully saturated rings. The lowest BCUT2D eigenvalue weighted by Gasteiger charge is -2.19. The van der Waals surface area contributed by atoms with E-state index in [1.165, 1.54) is 19.3 Å². The largest absolute Gasteiger partial charge is 0.472 e. The van der Waals surface area contributed by atoms with Gasteiger partial charge in [0.05, 0.1) is 6.61 Å². The first-order valence-corrected chi connectivity index (χ1v) is 20.3. The fourth-order valence-electron chi connectivity index (χ4n) is 4.50. The second-order valence-electron chi connectivity index (χ2n) is 12.0. The quantitative estimate of drug-likeness (QED) is 0.0309. The second kappa shape index (κ2) is 36.0. The van der Waals surface area contributed by atoms with Gasteiger partial charge in [-0.05, 0) is 77.0 Å². The van der Waals surface area contributed by atoms with Crippen LogP contribution in [-0.4, -0.2) is 43.3 Å². The summed E-state index contributed by atoms with van der Waals surface area (Å²) in [7, 11) is -3.24. The van der Waals surface area contributed by atoms with Gasteiger partial charge in [-0.2, -0.15) is 0 Å². The van der Waals surface area contributed by atoms with E-state index in [1.54, 1.807) is 0 Å². The molecule has 0 aliphatic carbocycles. The third-order valence-electron chi connectivity index (χ3n) is 7.39. The number of carbonyl (C=O) groups is 2. The summed E-state index contributed by atoms with van der Waals surface area (Å²) in [5.74, 6) is -0.923. The third-order valence-corrected chi connectivity index (χ3v) is 8.32. The molecule has 0 saturated carbocycles. The van der Waals surface area contributed by atoms with Gasteiger partial charge in [-0.25, -0.2) is 4.57 Å². The summed E-state index contributed by atoms with van der Waals surface area (Å²) in [6.45, 7) is 3.65. The molecule has 8 nitrogen and oxygen atoms in total. The van der Waals surface area contributed by atoms with Gasteiger partial charge in [-0.1, -0.05) is 131 Å². The average molecular weight is 719 g/mol. The molecule has 0 aromatic carbocycles. The van der Waals surface area contributed by atoms with E-state index in [2.05, 4.69) is 91.3 Å². The first kappa shape index (κ1) is 47.2. The molecule has 2 unspecified atom stereocenters. The normalized spacial score (nSPS) is 14.4. The second-order valence-corrected chi connectivity index (χ2v) is 13.5. The highest BCUT2D eigenvalue weighted by Crippen LogP contribution is 2.42. The average Bonchev–Trinajstić information content (AvgIpc) is 3.10. The maximum atomic E-state index is 12.4. The number of ether oxygens (including phenoxy) is 2. The number of rotatable bonds is 33. The van der Waals surface area contributed by atoms with E-state index in [1.807, 2.05) is 12.2 Å². The van der Waals surface area contributed by atoms with E-state index in [0.29, 0.717) is 12.8 Å². The fourth-order valence-corrected chi connectivity index (χ4v) is 4.96. The fraction of sp³-hybridized carbons (Fsp3) is 0.610. The molecule has 0 aliphatic heterocycles. The minimum Gasteiger partial charge on any atom is -0.462 e. The van der Waals surface area contributed by atoms with Crippen LogP contribution in [0.25, 0.3) is 0 Å². The molecule has 0 aromatic rings. The number of allylic oxidation sites excluding steroid dienone is 14. The maximum Gasteiger partial charge on any atom is 0.472 e. The van der Waals surface area contributed by atoms with E-state index in [9.17, 15) is 19.0 Å². The summed E-state index contributed by atoms with van der Waals surface area (Å²) in [4.78, 5) is 34.3. The number of phosphoric ester groups is 1. The van der Waals surface area contributed by atoms with E-state index >= 15 is 0 Å². The van der Waals surface area contributed by atoms with E-state index in [-0.39, 0.29) is 19.4 Å². The van der Waals surface area contributed by atoms with Crippen LogP contribution >= 0.6 is 7.82 Å². The molecular formula is C41H67O8P. The predicted molar refractivity (Wildman–Crippen MR) is 207 cm³/mol. The Kier molecular flexibility index (Phi) is 34.0. The van der Waals surface area contributed by atoms with Gasteiger partial charge in [0.2, 0.25) is 0 Å². The summed E-state index contributed by atoms with van der Waals surface area (Å²) in [5.41, 5.74) is 0. The van der Waals surface area contributed by atoms with Crippen LogP contribution in [0.4, 0.5) is 0 Å². The van der Waals surface area contributed by atoms with E-state index < -0.39 is 32.5 Å². The third kappa shape index (κ3) is 35.1. The number of hydrogen-bond donors (Lipinski definition) is 1. The number of phosphoric acid groups is 1. The highest BCUT2D eigenvalue weighted by atomic mass is 31.2. The van der Waals surface area contributed by atoms with Crippen molar-refractivity contribution in [2.24, 2.45) is 0 Å². The van der Waals surface area contributed by atoms with Gasteiger partial charge < -0.3 is 14.4 Å². The highest BCUT2D eigenvalue weighted by molar-refractivity contribution is 7.47. The molecule has 1 N–H and O–H groups in total. The Morgan fingerprint density at radius 3 is 1.60 bits per heavy atom. The molecule has 0 aliphatic rings. The van der Waals surface area contributed by atoms with Crippen molar-refractivity contribution in [3.05, 3.63) is 85.1 Å². The van der Waals surface area contributed by atoms with Crippen molar-refractivity contribution >= 4 is 19.8 Å². The molecule has 284 valence electrons. The summed E-state index contributed by atoms with van der Waals surface area (Å²) in [6.07, 6.45) is 46.5. The van der Waals surface area contributed by atoms with Gasteiger partial charge in [0.25, 0.3) is 0 Å². The summed E-state index contributed by atoms with van der Waals surface area (Å²) < 4.78 is 31.7. The van der Waals surface area contributed by atoms with Gasteiger partial charge in [0.1, 0.15) is 6.61 Å². The van der Waals surface area contributed by atoms with Crippen LogP contribution in [0.15, 0.2) is 85.1 Å². The zero-order valence-electron chi connectivity index (χ0n) is 31.3. The SMILES string of the molecule is CC/C=C\C/C=C\C/C=C\C/C=C\C/C=C\C/C=C\CCC(=O)OC(COC(=O)CCCCCCC/C=C\CCCCC)COP(=O)(O)OC. The maximum absolute atomic E-state index is 12.4. The lowest BCUT2D eigenvalue weighted by atomic mass is 10.1. The van der Waals surface area contributed by atoms with Crippen LogP contribution < -0.4 is 0 Å². The standard InChI is InChI=1S/C41H67O8P/c1-4-6-8-10-12-14-16-18-19-20-21-22-23-24-26-28-30-32-34-36-41(43)49-39(38-48-50(44,45)46-3)37-47-40(42)35-33-31-29-27-25-17-15-13-11-9-7-5-2/h6,8,12-15,18-19,21-22,24,26,30,32,39H,4-5,7,9-11,16-17,20,23,25,27-29,31,33-38H2,1-3H3,(H,44,45)/b8-6-,14-12-,15-13-,19-18-,22-21-,26-24-,32-30-. The van der Waals surface area contributed by atoms with Crippen LogP contribution in [0.3, 0.4) is 0 Å². The van der Waals surface area contributed by atoms with Crippen LogP contribution in [-0.2, 0) is 32.7 Å². The lowest BCUT2D eigenvalue weighted by Crippen LogP contribution is -2.29. The smallest absolute Gasteiger partial charge is 0.462 e.